The van der Waals surface area contributed by atoms with Crippen LogP contribution in [0.15, 0.2) is 18.3 Å². The lowest BCUT2D eigenvalue weighted by Gasteiger charge is -2.21. The van der Waals surface area contributed by atoms with Crippen molar-refractivity contribution in [1.82, 2.24) is 19.9 Å². The topological polar surface area (TPSA) is 123 Å². The number of nitrogens with one attached hydrogen (secondary N) is 1. The molecule has 1 saturated carbocycles. The second-order valence-electron chi connectivity index (χ2n) is 8.91. The summed E-state index contributed by atoms with van der Waals surface area (Å²) >= 11 is 0. The highest BCUT2D eigenvalue weighted by atomic mass is 19.4. The SMILES string of the molecule is N[C@H](c1cn2nc(C[C@@]3(C(=O)O)C[C@@H](C(F)(F)F)NC3=O)ccc2n1)C1CCCCCC1. The molecule has 0 aromatic carbocycles. The molecule has 2 aromatic heterocycles. The van der Waals surface area contributed by atoms with E-state index in [4.69, 9.17) is 5.73 Å². The number of imidazole rings is 1. The number of hydrogen-bond donors (Lipinski definition) is 3. The van der Waals surface area contributed by atoms with Crippen LogP contribution in [0, 0.1) is 11.3 Å². The van der Waals surface area contributed by atoms with Crippen molar-refractivity contribution in [3.63, 3.8) is 0 Å². The first-order chi connectivity index (χ1) is 15.1. The number of aromatic nitrogens is 3. The van der Waals surface area contributed by atoms with Gasteiger partial charge in [-0.2, -0.15) is 18.3 Å². The van der Waals surface area contributed by atoms with Crippen LogP contribution in [0.1, 0.15) is 62.4 Å². The number of aliphatic carboxylic acids is 1. The summed E-state index contributed by atoms with van der Waals surface area (Å²) in [6, 6.07) is 0.640. The van der Waals surface area contributed by atoms with E-state index in [9.17, 15) is 27.9 Å². The van der Waals surface area contributed by atoms with Gasteiger partial charge in [0, 0.05) is 12.8 Å². The van der Waals surface area contributed by atoms with Crippen molar-refractivity contribution in [2.75, 3.05) is 0 Å². The summed E-state index contributed by atoms with van der Waals surface area (Å²) in [5.41, 5.74) is 5.59. The van der Waals surface area contributed by atoms with Gasteiger partial charge >= 0.3 is 12.1 Å². The monoisotopic (exact) mass is 453 g/mol. The fraction of sp³-hybridized carbons (Fsp3) is 0.619. The van der Waals surface area contributed by atoms with Gasteiger partial charge in [0.2, 0.25) is 5.91 Å². The van der Waals surface area contributed by atoms with Crippen LogP contribution in [-0.2, 0) is 16.0 Å². The standard InChI is InChI=1S/C21H26F3N5O3/c22-21(23,24)15-10-20(19(31)32,18(30)27-15)9-13-7-8-16-26-14(11-29(16)28-13)17(25)12-5-3-1-2-4-6-12/h7-8,11-12,15,17H,1-6,9-10,25H2,(H,27,30)(H,31,32)/t15-,17-,20+/m0/s1. The Labute approximate surface area is 182 Å². The summed E-state index contributed by atoms with van der Waals surface area (Å²) in [6.07, 6.45) is 2.34. The predicted molar refractivity (Wildman–Crippen MR) is 107 cm³/mol. The van der Waals surface area contributed by atoms with Crippen LogP contribution >= 0.6 is 0 Å². The summed E-state index contributed by atoms with van der Waals surface area (Å²) in [6.45, 7) is 0. The summed E-state index contributed by atoms with van der Waals surface area (Å²) in [4.78, 5) is 28.7. The molecule has 174 valence electrons. The molecule has 11 heteroatoms. The number of carboxylic acids is 1. The zero-order chi connectivity index (χ0) is 23.1. The Kier molecular flexibility index (Phi) is 5.87. The maximum Gasteiger partial charge on any atom is 0.408 e. The number of nitrogens with zero attached hydrogens (tertiary/aromatic N) is 3. The van der Waals surface area contributed by atoms with E-state index in [-0.39, 0.29) is 11.7 Å². The smallest absolute Gasteiger partial charge is 0.408 e. The molecule has 8 nitrogen and oxygen atoms in total. The highest BCUT2D eigenvalue weighted by Gasteiger charge is 2.59. The van der Waals surface area contributed by atoms with Crippen molar-refractivity contribution >= 4 is 17.5 Å². The lowest BCUT2D eigenvalue weighted by molar-refractivity contribution is -0.158. The van der Waals surface area contributed by atoms with Crippen molar-refractivity contribution in [2.45, 2.75) is 69.6 Å². The van der Waals surface area contributed by atoms with Gasteiger partial charge in [0.05, 0.1) is 23.6 Å². The average Bonchev–Trinajstić information content (AvgIpc) is 3.18. The quantitative estimate of drug-likeness (QED) is 0.473. The number of rotatable bonds is 5. The zero-order valence-corrected chi connectivity index (χ0v) is 17.4. The molecule has 0 bridgehead atoms. The molecule has 2 aliphatic rings. The Morgan fingerprint density at radius 2 is 1.97 bits per heavy atom. The van der Waals surface area contributed by atoms with Gasteiger partial charge in [-0.15, -0.1) is 0 Å². The fourth-order valence-corrected chi connectivity index (χ4v) is 4.81. The summed E-state index contributed by atoms with van der Waals surface area (Å²) in [7, 11) is 0. The highest BCUT2D eigenvalue weighted by Crippen LogP contribution is 2.40. The van der Waals surface area contributed by atoms with Crippen LogP contribution in [0.5, 0.6) is 0 Å². The van der Waals surface area contributed by atoms with E-state index >= 15 is 0 Å². The number of carbonyl (C=O) groups excluding carboxylic acids is 1. The predicted octanol–water partition coefficient (Wildman–Crippen LogP) is 2.76. The molecule has 4 N–H and O–H groups in total. The normalized spacial score (nSPS) is 26.1. The minimum absolute atomic E-state index is 0.185. The molecule has 1 saturated heterocycles. The Morgan fingerprint density at radius 3 is 2.56 bits per heavy atom. The summed E-state index contributed by atoms with van der Waals surface area (Å²) < 4.78 is 40.7. The molecule has 0 spiro atoms. The van der Waals surface area contributed by atoms with E-state index in [0.717, 1.165) is 25.7 Å². The van der Waals surface area contributed by atoms with Gasteiger partial charge in [-0.05, 0) is 30.9 Å². The van der Waals surface area contributed by atoms with Crippen LogP contribution in [0.4, 0.5) is 13.2 Å². The number of carbonyl (C=O) groups is 2. The van der Waals surface area contributed by atoms with Crippen LogP contribution in [0.3, 0.4) is 0 Å². The van der Waals surface area contributed by atoms with Gasteiger partial charge in [-0.25, -0.2) is 9.50 Å². The molecule has 2 fully saturated rings. The number of halogens is 3. The van der Waals surface area contributed by atoms with Gasteiger partial charge in [0.25, 0.3) is 0 Å². The van der Waals surface area contributed by atoms with E-state index in [2.05, 4.69) is 10.1 Å². The minimum Gasteiger partial charge on any atom is -0.480 e. The first-order valence-electron chi connectivity index (χ1n) is 10.8. The molecule has 1 aliphatic carbocycles. The molecular formula is C21H26F3N5O3. The number of nitrogens with two attached hydrogens (primary N) is 1. The van der Waals surface area contributed by atoms with E-state index in [1.165, 1.54) is 23.4 Å². The number of alkyl halides is 3. The maximum atomic E-state index is 13.1. The lowest BCUT2D eigenvalue weighted by atomic mass is 9.80. The second kappa shape index (κ2) is 8.34. The van der Waals surface area contributed by atoms with E-state index in [0.29, 0.717) is 17.3 Å². The van der Waals surface area contributed by atoms with Crippen LogP contribution in [0.2, 0.25) is 0 Å². The number of amides is 1. The molecule has 3 atom stereocenters. The Hall–Kier alpha value is -2.69. The average molecular weight is 453 g/mol. The van der Waals surface area contributed by atoms with Gasteiger partial charge in [0.1, 0.15) is 6.04 Å². The molecule has 0 radical (unpaired) electrons. The summed E-state index contributed by atoms with van der Waals surface area (Å²) in [5.74, 6) is -2.44. The number of fused-ring (bicyclic) bond motifs is 1. The zero-order valence-electron chi connectivity index (χ0n) is 17.4. The molecule has 1 amide bonds. The van der Waals surface area contributed by atoms with Gasteiger partial charge < -0.3 is 16.2 Å². The maximum absolute atomic E-state index is 13.1. The molecule has 2 aromatic rings. The molecule has 4 rings (SSSR count). The first kappa shape index (κ1) is 22.5. The van der Waals surface area contributed by atoms with Crippen molar-refractivity contribution in [3.8, 4) is 0 Å². The van der Waals surface area contributed by atoms with Gasteiger partial charge in [0.15, 0.2) is 11.1 Å². The molecular weight excluding hydrogens is 427 g/mol. The molecule has 32 heavy (non-hydrogen) atoms. The number of hydrogen-bond acceptors (Lipinski definition) is 5. The molecule has 3 heterocycles. The largest absolute Gasteiger partial charge is 0.480 e. The molecule has 1 aliphatic heterocycles. The third-order valence-corrected chi connectivity index (χ3v) is 6.72. The Bertz CT molecular complexity index is 1020. The lowest BCUT2D eigenvalue weighted by Crippen LogP contribution is -2.41. The minimum atomic E-state index is -4.72. The van der Waals surface area contributed by atoms with Crippen molar-refractivity contribution in [1.29, 1.82) is 0 Å². The second-order valence-corrected chi connectivity index (χ2v) is 8.91. The summed E-state index contributed by atoms with van der Waals surface area (Å²) in [5, 5.41) is 15.7. The van der Waals surface area contributed by atoms with Crippen molar-refractivity contribution in [3.05, 3.63) is 29.7 Å². The Morgan fingerprint density at radius 1 is 1.28 bits per heavy atom. The Balaban J connectivity index is 1.58. The van der Waals surface area contributed by atoms with E-state index < -0.39 is 42.4 Å². The van der Waals surface area contributed by atoms with Gasteiger partial charge in [-0.1, -0.05) is 25.7 Å². The van der Waals surface area contributed by atoms with Crippen LogP contribution in [-0.4, -0.2) is 43.8 Å². The van der Waals surface area contributed by atoms with Crippen LogP contribution < -0.4 is 11.1 Å². The molecule has 0 unspecified atom stereocenters. The van der Waals surface area contributed by atoms with E-state index in [1.54, 1.807) is 17.6 Å². The third-order valence-electron chi connectivity index (χ3n) is 6.72. The van der Waals surface area contributed by atoms with Crippen LogP contribution in [0.25, 0.3) is 5.65 Å². The number of carboxylic acid groups (broad SMARTS) is 1. The van der Waals surface area contributed by atoms with Crippen molar-refractivity contribution < 1.29 is 27.9 Å². The third kappa shape index (κ3) is 4.17. The fourth-order valence-electron chi connectivity index (χ4n) is 4.81. The highest BCUT2D eigenvalue weighted by molar-refractivity contribution is 6.04. The van der Waals surface area contributed by atoms with Gasteiger partial charge in [-0.3, -0.25) is 9.59 Å². The van der Waals surface area contributed by atoms with E-state index in [1.807, 2.05) is 0 Å². The first-order valence-corrected chi connectivity index (χ1v) is 10.8. The van der Waals surface area contributed by atoms with Crippen molar-refractivity contribution in [2.24, 2.45) is 17.1 Å².